The van der Waals surface area contributed by atoms with Gasteiger partial charge in [-0.3, -0.25) is 0 Å². The Kier molecular flexibility index (Phi) is 8.22. The van der Waals surface area contributed by atoms with Gasteiger partial charge in [-0.2, -0.15) is 0 Å². The van der Waals surface area contributed by atoms with Crippen molar-refractivity contribution in [3.8, 4) is 0 Å². The van der Waals surface area contributed by atoms with Crippen LogP contribution in [0.15, 0.2) is 16.6 Å². The normalized spacial score (nSPS) is 13.7. The van der Waals surface area contributed by atoms with Crippen molar-refractivity contribution in [1.82, 2.24) is 4.90 Å². The Morgan fingerprint density at radius 3 is 2.13 bits per heavy atom. The third kappa shape index (κ3) is 7.61. The van der Waals surface area contributed by atoms with Crippen molar-refractivity contribution in [3.63, 3.8) is 0 Å². The molecule has 0 aliphatic heterocycles. The molecule has 0 heterocycles. The zero-order chi connectivity index (χ0) is 23.7. The Morgan fingerprint density at radius 2 is 1.70 bits per heavy atom. The monoisotopic (exact) mass is 488 g/mol. The van der Waals surface area contributed by atoms with Crippen LogP contribution in [0.3, 0.4) is 0 Å². The lowest BCUT2D eigenvalue weighted by molar-refractivity contribution is 0.00503. The van der Waals surface area contributed by atoms with E-state index in [-0.39, 0.29) is 18.1 Å². The van der Waals surface area contributed by atoms with Gasteiger partial charge < -0.3 is 20.4 Å². The van der Waals surface area contributed by atoms with Crippen LogP contribution in [0.5, 0.6) is 0 Å². The average Bonchev–Trinajstić information content (AvgIpc) is 2.52. The van der Waals surface area contributed by atoms with Crippen molar-refractivity contribution in [1.29, 1.82) is 0 Å². The summed E-state index contributed by atoms with van der Waals surface area (Å²) in [5.74, 6) is 6.29. The van der Waals surface area contributed by atoms with Gasteiger partial charge in [-0.25, -0.2) is 15.0 Å². The van der Waals surface area contributed by atoms with Crippen LogP contribution >= 0.6 is 15.9 Å². The van der Waals surface area contributed by atoms with Crippen LogP contribution in [0, 0.1) is 0 Å². The minimum absolute atomic E-state index is 0.0920. The second-order valence-electron chi connectivity index (χ2n) is 10.4. The lowest BCUT2D eigenvalue weighted by Crippen LogP contribution is -2.48. The second-order valence-corrected chi connectivity index (χ2v) is 11.2. The fourth-order valence-corrected chi connectivity index (χ4v) is 3.44. The molecular formula is C22H38BrFN4O2. The molecule has 172 valence electrons. The summed E-state index contributed by atoms with van der Waals surface area (Å²) in [6.45, 7) is 16.0. The maximum atomic E-state index is 14.5. The van der Waals surface area contributed by atoms with Crippen LogP contribution in [0.1, 0.15) is 67.9 Å². The number of hydrogen-bond donors (Lipinski definition) is 2. The fourth-order valence-electron chi connectivity index (χ4n) is 2.94. The molecule has 1 aromatic rings. The van der Waals surface area contributed by atoms with Crippen LogP contribution in [-0.2, 0) is 11.2 Å². The smallest absolute Gasteiger partial charge is 0.410 e. The Morgan fingerprint density at radius 1 is 1.17 bits per heavy atom. The maximum Gasteiger partial charge on any atom is 0.410 e. The van der Waals surface area contributed by atoms with E-state index in [2.05, 4.69) is 15.9 Å². The van der Waals surface area contributed by atoms with Gasteiger partial charge in [0.1, 0.15) is 11.3 Å². The van der Waals surface area contributed by atoms with E-state index in [1.165, 1.54) is 18.7 Å². The first-order valence-corrected chi connectivity index (χ1v) is 10.9. The Labute approximate surface area is 189 Å². The standard InChI is InChI=1S/C22H38BrFN4O2/c1-14(27(13-22(8,9)24)19(29)30-21(5,6)7)12-15-16(23)10-11-17(18(15)25)28(26)20(2,3)4/h10-11,14H,12-13,25-26H2,1-9H3. The van der Waals surface area contributed by atoms with E-state index in [4.69, 9.17) is 16.3 Å². The molecule has 1 amide bonds. The minimum atomic E-state index is -1.57. The van der Waals surface area contributed by atoms with Crippen LogP contribution in [0.4, 0.5) is 20.6 Å². The highest BCUT2D eigenvalue weighted by molar-refractivity contribution is 9.10. The zero-order valence-corrected chi connectivity index (χ0v) is 21.4. The highest BCUT2D eigenvalue weighted by Crippen LogP contribution is 2.35. The number of nitrogen functional groups attached to an aromatic ring is 1. The van der Waals surface area contributed by atoms with Crippen molar-refractivity contribution < 1.29 is 13.9 Å². The number of carbonyl (C=O) groups excluding carboxylic acids is 1. The number of halogens is 2. The van der Waals surface area contributed by atoms with Crippen LogP contribution in [-0.4, -0.2) is 40.4 Å². The quantitative estimate of drug-likeness (QED) is 0.316. The average molecular weight is 489 g/mol. The Hall–Kier alpha value is -1.54. The molecule has 0 aromatic heterocycles. The second kappa shape index (κ2) is 9.30. The minimum Gasteiger partial charge on any atom is -0.444 e. The van der Waals surface area contributed by atoms with E-state index in [0.717, 1.165) is 10.0 Å². The van der Waals surface area contributed by atoms with Crippen molar-refractivity contribution in [2.24, 2.45) is 5.84 Å². The molecule has 0 bridgehead atoms. The number of nitrogens with two attached hydrogens (primary N) is 2. The van der Waals surface area contributed by atoms with Crippen molar-refractivity contribution >= 4 is 33.4 Å². The molecule has 6 nitrogen and oxygen atoms in total. The summed E-state index contributed by atoms with van der Waals surface area (Å²) in [5.41, 5.74) is 5.93. The van der Waals surface area contributed by atoms with Gasteiger partial charge >= 0.3 is 6.09 Å². The molecule has 1 unspecified atom stereocenters. The van der Waals surface area contributed by atoms with E-state index in [9.17, 15) is 9.18 Å². The molecule has 0 aliphatic carbocycles. The van der Waals surface area contributed by atoms with E-state index in [0.29, 0.717) is 17.8 Å². The number of carbonyl (C=O) groups is 1. The number of alkyl halides is 1. The number of rotatable bonds is 6. The number of anilines is 2. The summed E-state index contributed by atoms with van der Waals surface area (Å²) in [5, 5.41) is 1.62. The van der Waals surface area contributed by atoms with Crippen molar-refractivity contribution in [2.75, 3.05) is 17.3 Å². The number of hydrazine groups is 1. The first-order valence-electron chi connectivity index (χ1n) is 10.1. The van der Waals surface area contributed by atoms with Gasteiger partial charge in [-0.1, -0.05) is 15.9 Å². The van der Waals surface area contributed by atoms with Crippen LogP contribution in [0.2, 0.25) is 0 Å². The highest BCUT2D eigenvalue weighted by Gasteiger charge is 2.32. The molecule has 1 aromatic carbocycles. The molecule has 0 radical (unpaired) electrons. The molecule has 1 atom stereocenters. The third-order valence-electron chi connectivity index (χ3n) is 4.47. The highest BCUT2D eigenvalue weighted by atomic mass is 79.9. The number of nitrogens with zero attached hydrogens (tertiary/aromatic N) is 2. The molecule has 0 aliphatic rings. The van der Waals surface area contributed by atoms with Gasteiger partial charge in [-0.15, -0.1) is 0 Å². The summed E-state index contributed by atoms with van der Waals surface area (Å²) in [7, 11) is 0. The summed E-state index contributed by atoms with van der Waals surface area (Å²) >= 11 is 3.56. The van der Waals surface area contributed by atoms with Crippen LogP contribution in [0.25, 0.3) is 0 Å². The molecule has 0 fully saturated rings. The predicted octanol–water partition coefficient (Wildman–Crippen LogP) is 5.43. The molecule has 8 heteroatoms. The van der Waals surface area contributed by atoms with Gasteiger partial charge in [0.2, 0.25) is 0 Å². The molecule has 0 spiro atoms. The van der Waals surface area contributed by atoms with E-state index in [1.54, 1.807) is 25.8 Å². The molecular weight excluding hydrogens is 451 g/mol. The van der Waals surface area contributed by atoms with Gasteiger partial charge in [0, 0.05) is 16.1 Å². The summed E-state index contributed by atoms with van der Waals surface area (Å²) < 4.78 is 20.8. The van der Waals surface area contributed by atoms with Gasteiger partial charge in [-0.05, 0) is 86.4 Å². The number of benzene rings is 1. The lowest BCUT2D eigenvalue weighted by Gasteiger charge is -2.36. The summed E-state index contributed by atoms with van der Waals surface area (Å²) in [6.07, 6.45) is -0.144. The predicted molar refractivity (Wildman–Crippen MR) is 126 cm³/mol. The van der Waals surface area contributed by atoms with Gasteiger partial charge in [0.05, 0.1) is 17.9 Å². The summed E-state index contributed by atoms with van der Waals surface area (Å²) in [4.78, 5) is 14.2. The summed E-state index contributed by atoms with van der Waals surface area (Å²) in [6, 6.07) is 3.38. The van der Waals surface area contributed by atoms with Gasteiger partial charge in [0.25, 0.3) is 0 Å². The SMILES string of the molecule is CC(Cc1c(Br)ccc(N(N)C(C)(C)C)c1N)N(CC(C)(C)F)C(=O)OC(C)(C)C. The molecule has 1 rings (SSSR count). The van der Waals surface area contributed by atoms with E-state index >= 15 is 0 Å². The Balaban J connectivity index is 3.28. The first kappa shape index (κ1) is 26.5. The molecule has 0 saturated carbocycles. The molecule has 30 heavy (non-hydrogen) atoms. The number of ether oxygens (including phenoxy) is 1. The zero-order valence-electron chi connectivity index (χ0n) is 19.8. The molecule has 0 saturated heterocycles. The lowest BCUT2D eigenvalue weighted by atomic mass is 10.00. The topological polar surface area (TPSA) is 84.8 Å². The Bertz CT molecular complexity index is 751. The number of amides is 1. The van der Waals surface area contributed by atoms with Crippen LogP contribution < -0.4 is 16.6 Å². The fraction of sp³-hybridized carbons (Fsp3) is 0.682. The maximum absolute atomic E-state index is 14.5. The van der Waals surface area contributed by atoms with E-state index < -0.39 is 17.4 Å². The first-order chi connectivity index (χ1) is 13.3. The number of hydrogen-bond acceptors (Lipinski definition) is 5. The van der Waals surface area contributed by atoms with Crippen molar-refractivity contribution in [2.45, 2.75) is 91.6 Å². The third-order valence-corrected chi connectivity index (χ3v) is 5.21. The van der Waals surface area contributed by atoms with Gasteiger partial charge in [0.15, 0.2) is 0 Å². The molecule has 4 N–H and O–H groups in total. The largest absolute Gasteiger partial charge is 0.444 e. The van der Waals surface area contributed by atoms with E-state index in [1.807, 2.05) is 39.8 Å². The van der Waals surface area contributed by atoms with Crippen molar-refractivity contribution in [3.05, 3.63) is 22.2 Å².